The van der Waals surface area contributed by atoms with E-state index in [4.69, 9.17) is 8.94 Å². The Hall–Kier alpha value is -1.62. The summed E-state index contributed by atoms with van der Waals surface area (Å²) in [5.74, 6) is 3.33. The van der Waals surface area contributed by atoms with Crippen molar-refractivity contribution in [3.05, 3.63) is 35.4 Å². The Balaban J connectivity index is 1.69. The lowest BCUT2D eigenvalue weighted by molar-refractivity contribution is 0.370. The average Bonchev–Trinajstić information content (AvgIpc) is 2.93. The first kappa shape index (κ1) is 11.9. The molecule has 0 saturated carbocycles. The topological polar surface area (TPSA) is 64.1 Å². The molecule has 0 saturated heterocycles. The van der Waals surface area contributed by atoms with Crippen LogP contribution in [0.2, 0.25) is 0 Å². The Morgan fingerprint density at radius 3 is 2.76 bits per heavy atom. The Kier molecular flexibility index (Phi) is 3.93. The zero-order valence-corrected chi connectivity index (χ0v) is 10.2. The Morgan fingerprint density at radius 2 is 2.12 bits per heavy atom. The van der Waals surface area contributed by atoms with Gasteiger partial charge in [0, 0.05) is 19.4 Å². The summed E-state index contributed by atoms with van der Waals surface area (Å²) in [4.78, 5) is 4.13. The molecule has 0 amide bonds. The van der Waals surface area contributed by atoms with Crippen LogP contribution in [0.5, 0.6) is 0 Å². The number of aromatic nitrogens is 2. The SMILES string of the molecule is CCc1ccc(CNCCc2nc(C)no2)o1. The molecule has 5 nitrogen and oxygen atoms in total. The molecule has 5 heteroatoms. The second kappa shape index (κ2) is 5.63. The molecule has 92 valence electrons. The second-order valence-corrected chi connectivity index (χ2v) is 3.88. The number of hydrogen-bond acceptors (Lipinski definition) is 5. The molecule has 2 aromatic rings. The van der Waals surface area contributed by atoms with Gasteiger partial charge in [-0.15, -0.1) is 0 Å². The Morgan fingerprint density at radius 1 is 1.29 bits per heavy atom. The van der Waals surface area contributed by atoms with Gasteiger partial charge in [0.2, 0.25) is 5.89 Å². The Bertz CT molecular complexity index is 462. The van der Waals surface area contributed by atoms with Crippen LogP contribution in [0.3, 0.4) is 0 Å². The summed E-state index contributed by atoms with van der Waals surface area (Å²) in [6.45, 7) is 5.42. The van der Waals surface area contributed by atoms with E-state index in [0.29, 0.717) is 11.7 Å². The van der Waals surface area contributed by atoms with Crippen molar-refractivity contribution in [3.8, 4) is 0 Å². The van der Waals surface area contributed by atoms with Gasteiger partial charge in [0.25, 0.3) is 0 Å². The molecule has 1 N–H and O–H groups in total. The van der Waals surface area contributed by atoms with E-state index in [-0.39, 0.29) is 0 Å². The van der Waals surface area contributed by atoms with E-state index >= 15 is 0 Å². The predicted molar refractivity (Wildman–Crippen MR) is 62.5 cm³/mol. The van der Waals surface area contributed by atoms with Crippen molar-refractivity contribution in [2.75, 3.05) is 6.54 Å². The van der Waals surface area contributed by atoms with Crippen molar-refractivity contribution in [2.45, 2.75) is 33.2 Å². The molecule has 2 heterocycles. The number of rotatable bonds is 6. The largest absolute Gasteiger partial charge is 0.465 e. The molecule has 0 aromatic carbocycles. The number of furan rings is 1. The minimum Gasteiger partial charge on any atom is -0.465 e. The number of hydrogen-bond donors (Lipinski definition) is 1. The van der Waals surface area contributed by atoms with Crippen LogP contribution in [0.4, 0.5) is 0 Å². The van der Waals surface area contributed by atoms with Crippen LogP contribution in [-0.4, -0.2) is 16.7 Å². The van der Waals surface area contributed by atoms with Crippen LogP contribution < -0.4 is 5.32 Å². The van der Waals surface area contributed by atoms with Crippen molar-refractivity contribution < 1.29 is 8.94 Å². The van der Waals surface area contributed by atoms with Gasteiger partial charge >= 0.3 is 0 Å². The van der Waals surface area contributed by atoms with Gasteiger partial charge in [0.05, 0.1) is 6.54 Å². The fourth-order valence-electron chi connectivity index (χ4n) is 1.56. The van der Waals surface area contributed by atoms with Crippen LogP contribution in [-0.2, 0) is 19.4 Å². The summed E-state index contributed by atoms with van der Waals surface area (Å²) in [7, 11) is 0. The minimum absolute atomic E-state index is 0.670. The third-order valence-corrected chi connectivity index (χ3v) is 2.45. The van der Waals surface area contributed by atoms with Gasteiger partial charge in [-0.05, 0) is 19.1 Å². The summed E-state index contributed by atoms with van der Waals surface area (Å²) in [5, 5.41) is 7.01. The van der Waals surface area contributed by atoms with Crippen LogP contribution in [0.15, 0.2) is 21.1 Å². The third kappa shape index (κ3) is 3.42. The van der Waals surface area contributed by atoms with E-state index in [1.807, 2.05) is 19.1 Å². The van der Waals surface area contributed by atoms with Crippen molar-refractivity contribution in [1.29, 1.82) is 0 Å². The summed E-state index contributed by atoms with van der Waals surface area (Å²) in [5.41, 5.74) is 0. The average molecular weight is 235 g/mol. The maximum atomic E-state index is 5.58. The molecule has 0 aliphatic heterocycles. The second-order valence-electron chi connectivity index (χ2n) is 3.88. The summed E-state index contributed by atoms with van der Waals surface area (Å²) < 4.78 is 10.6. The maximum absolute atomic E-state index is 5.58. The van der Waals surface area contributed by atoms with Gasteiger partial charge in [-0.3, -0.25) is 0 Å². The van der Waals surface area contributed by atoms with E-state index in [0.717, 1.165) is 37.5 Å². The Labute approximate surface area is 100 Å². The van der Waals surface area contributed by atoms with Crippen LogP contribution in [0.1, 0.15) is 30.2 Å². The molecule has 17 heavy (non-hydrogen) atoms. The number of aryl methyl sites for hydroxylation is 2. The monoisotopic (exact) mass is 235 g/mol. The lowest BCUT2D eigenvalue weighted by Crippen LogP contribution is -2.16. The van der Waals surface area contributed by atoms with Crippen molar-refractivity contribution in [2.24, 2.45) is 0 Å². The number of nitrogens with one attached hydrogen (secondary N) is 1. The highest BCUT2D eigenvalue weighted by Gasteiger charge is 2.03. The minimum atomic E-state index is 0.670. The molecule has 0 spiro atoms. The zero-order chi connectivity index (χ0) is 12.1. The molecular weight excluding hydrogens is 218 g/mol. The number of nitrogens with zero attached hydrogens (tertiary/aromatic N) is 2. The fraction of sp³-hybridized carbons (Fsp3) is 0.500. The first-order valence-electron chi connectivity index (χ1n) is 5.85. The van der Waals surface area contributed by atoms with Gasteiger partial charge in [0.15, 0.2) is 5.82 Å². The van der Waals surface area contributed by atoms with Crippen LogP contribution in [0, 0.1) is 6.92 Å². The summed E-state index contributed by atoms with van der Waals surface area (Å²) in [6.07, 6.45) is 1.67. The van der Waals surface area contributed by atoms with Crippen molar-refractivity contribution in [3.63, 3.8) is 0 Å². The molecule has 0 radical (unpaired) electrons. The third-order valence-electron chi connectivity index (χ3n) is 2.45. The van der Waals surface area contributed by atoms with Gasteiger partial charge in [-0.25, -0.2) is 0 Å². The summed E-state index contributed by atoms with van der Waals surface area (Å²) >= 11 is 0. The van der Waals surface area contributed by atoms with Gasteiger partial charge < -0.3 is 14.3 Å². The van der Waals surface area contributed by atoms with E-state index in [1.54, 1.807) is 0 Å². The van der Waals surface area contributed by atoms with Crippen LogP contribution in [0.25, 0.3) is 0 Å². The molecule has 0 atom stereocenters. The predicted octanol–water partition coefficient (Wildman–Crippen LogP) is 1.87. The molecule has 0 unspecified atom stereocenters. The molecule has 2 aromatic heterocycles. The van der Waals surface area contributed by atoms with E-state index in [2.05, 4.69) is 22.4 Å². The van der Waals surface area contributed by atoms with Gasteiger partial charge in [-0.2, -0.15) is 4.98 Å². The van der Waals surface area contributed by atoms with E-state index < -0.39 is 0 Å². The molecule has 0 aliphatic rings. The first-order chi connectivity index (χ1) is 8.28. The molecule has 2 rings (SSSR count). The highest BCUT2D eigenvalue weighted by molar-refractivity contribution is 5.06. The van der Waals surface area contributed by atoms with Crippen molar-refractivity contribution in [1.82, 2.24) is 15.5 Å². The lowest BCUT2D eigenvalue weighted by Gasteiger charge is -1.99. The van der Waals surface area contributed by atoms with Crippen LogP contribution >= 0.6 is 0 Å². The normalized spacial score (nSPS) is 10.9. The summed E-state index contributed by atoms with van der Waals surface area (Å²) in [6, 6.07) is 4.01. The van der Waals surface area contributed by atoms with Gasteiger partial charge in [0.1, 0.15) is 11.5 Å². The zero-order valence-electron chi connectivity index (χ0n) is 10.2. The smallest absolute Gasteiger partial charge is 0.227 e. The van der Waals surface area contributed by atoms with Crippen molar-refractivity contribution >= 4 is 0 Å². The highest BCUT2D eigenvalue weighted by Crippen LogP contribution is 2.07. The van der Waals surface area contributed by atoms with Gasteiger partial charge in [-0.1, -0.05) is 12.1 Å². The lowest BCUT2D eigenvalue weighted by atomic mass is 10.3. The standard InChI is InChI=1S/C12H17N3O2/c1-3-10-4-5-11(16-10)8-13-7-6-12-14-9(2)15-17-12/h4-5,13H,3,6-8H2,1-2H3. The van der Waals surface area contributed by atoms with E-state index in [9.17, 15) is 0 Å². The first-order valence-corrected chi connectivity index (χ1v) is 5.85. The highest BCUT2D eigenvalue weighted by atomic mass is 16.5. The molecule has 0 bridgehead atoms. The molecule has 0 fully saturated rings. The maximum Gasteiger partial charge on any atom is 0.227 e. The molecular formula is C12H17N3O2. The fourth-order valence-corrected chi connectivity index (χ4v) is 1.56. The quantitative estimate of drug-likeness (QED) is 0.774. The molecule has 0 aliphatic carbocycles. The van der Waals surface area contributed by atoms with E-state index in [1.165, 1.54) is 0 Å².